The van der Waals surface area contributed by atoms with Crippen molar-refractivity contribution in [3.63, 3.8) is 0 Å². The van der Waals surface area contributed by atoms with E-state index in [2.05, 4.69) is 0 Å². The van der Waals surface area contributed by atoms with E-state index in [1.165, 1.54) is 0 Å². The van der Waals surface area contributed by atoms with Gasteiger partial charge in [-0.3, -0.25) is 4.79 Å². The highest BCUT2D eigenvalue weighted by Gasteiger charge is 2.28. The number of alkyl halides is 1. The number of piperidine rings is 1. The summed E-state index contributed by atoms with van der Waals surface area (Å²) >= 11 is 0. The molecule has 0 spiro atoms. The van der Waals surface area contributed by atoms with Crippen molar-refractivity contribution in [3.05, 3.63) is 0 Å². The van der Waals surface area contributed by atoms with E-state index in [1.54, 1.807) is 0 Å². The van der Waals surface area contributed by atoms with Gasteiger partial charge < -0.3 is 10.0 Å². The van der Waals surface area contributed by atoms with Crippen molar-refractivity contribution in [2.45, 2.75) is 12.6 Å². The van der Waals surface area contributed by atoms with E-state index in [4.69, 9.17) is 5.11 Å². The van der Waals surface area contributed by atoms with E-state index in [1.807, 2.05) is 0 Å². The minimum atomic E-state index is -1.63. The fraction of sp³-hybridized carbons (Fsp3) is 0.667. The molecule has 1 saturated heterocycles. The number of amides is 1. The summed E-state index contributed by atoms with van der Waals surface area (Å²) in [6.45, 7) is -0.192. The number of nitrogens with zero attached hydrogens (tertiary/aromatic N) is 1. The average molecular weight is 161 g/mol. The van der Waals surface area contributed by atoms with Crippen LogP contribution in [-0.2, 0) is 4.79 Å². The van der Waals surface area contributed by atoms with Crippen molar-refractivity contribution in [2.24, 2.45) is 0 Å². The lowest BCUT2D eigenvalue weighted by Gasteiger charge is -2.25. The van der Waals surface area contributed by atoms with Crippen LogP contribution in [0.2, 0.25) is 0 Å². The highest BCUT2D eigenvalue weighted by molar-refractivity contribution is 5.85. The van der Waals surface area contributed by atoms with Gasteiger partial charge in [-0.2, -0.15) is 0 Å². The molecule has 1 N–H and O–H groups in total. The zero-order valence-electron chi connectivity index (χ0n) is 5.79. The minimum Gasteiger partial charge on any atom is -0.465 e. The zero-order chi connectivity index (χ0) is 8.43. The van der Waals surface area contributed by atoms with Crippen molar-refractivity contribution in [2.75, 3.05) is 13.1 Å². The van der Waals surface area contributed by atoms with Gasteiger partial charge in [-0.1, -0.05) is 0 Å². The van der Waals surface area contributed by atoms with Crippen molar-refractivity contribution in [1.29, 1.82) is 0 Å². The molecule has 1 rings (SSSR count). The van der Waals surface area contributed by atoms with Crippen molar-refractivity contribution < 1.29 is 19.1 Å². The van der Waals surface area contributed by atoms with Gasteiger partial charge in [0.1, 0.15) is 0 Å². The lowest BCUT2D eigenvalue weighted by atomic mass is 10.1. The first-order valence-corrected chi connectivity index (χ1v) is 3.26. The second kappa shape index (κ2) is 2.86. The molecule has 0 saturated carbocycles. The molecule has 1 aliphatic heterocycles. The second-order valence-corrected chi connectivity index (χ2v) is 2.41. The Labute approximate surface area is 62.6 Å². The van der Waals surface area contributed by atoms with Gasteiger partial charge in [0, 0.05) is 13.0 Å². The van der Waals surface area contributed by atoms with E-state index >= 15 is 0 Å². The number of halogens is 1. The highest BCUT2D eigenvalue weighted by Crippen LogP contribution is 2.09. The summed E-state index contributed by atoms with van der Waals surface area (Å²) in [5, 5.41) is 8.39. The first-order valence-electron chi connectivity index (χ1n) is 3.26. The van der Waals surface area contributed by atoms with Crippen LogP contribution in [0.25, 0.3) is 0 Å². The van der Waals surface area contributed by atoms with Crippen LogP contribution in [0.4, 0.5) is 9.18 Å². The van der Waals surface area contributed by atoms with Crippen LogP contribution >= 0.6 is 0 Å². The molecule has 4 nitrogen and oxygen atoms in total. The molecule has 1 atom stereocenters. The van der Waals surface area contributed by atoms with E-state index < -0.39 is 18.0 Å². The lowest BCUT2D eigenvalue weighted by Crippen LogP contribution is -2.44. The molecule has 0 bridgehead atoms. The molecule has 1 aliphatic rings. The van der Waals surface area contributed by atoms with Crippen LogP contribution < -0.4 is 0 Å². The number of hydrogen-bond donors (Lipinski definition) is 1. The molecule has 0 aromatic carbocycles. The molecule has 0 aromatic heterocycles. The summed E-state index contributed by atoms with van der Waals surface area (Å²) in [7, 11) is 0. The predicted octanol–water partition coefficient (Wildman–Crippen LogP) is 0.277. The Bertz CT molecular complexity index is 194. The maximum Gasteiger partial charge on any atom is 0.407 e. The molecule has 11 heavy (non-hydrogen) atoms. The predicted molar refractivity (Wildman–Crippen MR) is 34.1 cm³/mol. The molecule has 1 amide bonds. The van der Waals surface area contributed by atoms with Gasteiger partial charge in [0.05, 0.1) is 6.54 Å². The molecule has 0 aliphatic carbocycles. The van der Waals surface area contributed by atoms with Crippen LogP contribution in [0, 0.1) is 0 Å². The molecule has 5 heteroatoms. The van der Waals surface area contributed by atoms with Gasteiger partial charge >= 0.3 is 6.09 Å². The highest BCUT2D eigenvalue weighted by atomic mass is 19.1. The lowest BCUT2D eigenvalue weighted by molar-refractivity contribution is -0.126. The largest absolute Gasteiger partial charge is 0.465 e. The first kappa shape index (κ1) is 7.97. The van der Waals surface area contributed by atoms with Gasteiger partial charge in [0.2, 0.25) is 0 Å². The van der Waals surface area contributed by atoms with E-state index in [0.717, 1.165) is 4.90 Å². The Hall–Kier alpha value is -1.13. The molecular formula is C6H8FNO3. The maximum absolute atomic E-state index is 12.5. The zero-order valence-corrected chi connectivity index (χ0v) is 5.79. The molecule has 1 heterocycles. The number of likely N-dealkylation sites (tertiary alicyclic amines) is 1. The van der Waals surface area contributed by atoms with Crippen LogP contribution in [0.5, 0.6) is 0 Å². The summed E-state index contributed by atoms with van der Waals surface area (Å²) in [5.74, 6) is -0.498. The quantitative estimate of drug-likeness (QED) is 0.555. The fourth-order valence-electron chi connectivity index (χ4n) is 0.962. The number of carbonyl (C=O) groups is 2. The van der Waals surface area contributed by atoms with Crippen molar-refractivity contribution in [3.8, 4) is 0 Å². The van der Waals surface area contributed by atoms with Crippen molar-refractivity contribution in [1.82, 2.24) is 4.90 Å². The number of rotatable bonds is 0. The third-order valence-electron chi connectivity index (χ3n) is 1.63. The van der Waals surface area contributed by atoms with Gasteiger partial charge in [-0.25, -0.2) is 9.18 Å². The Balaban J connectivity index is 2.52. The third-order valence-corrected chi connectivity index (χ3v) is 1.63. The smallest absolute Gasteiger partial charge is 0.407 e. The van der Waals surface area contributed by atoms with Crippen LogP contribution in [-0.4, -0.2) is 41.1 Å². The number of carboxylic acid groups (broad SMARTS) is 1. The maximum atomic E-state index is 12.5. The van der Waals surface area contributed by atoms with E-state index in [9.17, 15) is 14.0 Å². The van der Waals surface area contributed by atoms with E-state index in [-0.39, 0.29) is 19.5 Å². The second-order valence-electron chi connectivity index (χ2n) is 2.41. The van der Waals surface area contributed by atoms with Gasteiger partial charge in [0.25, 0.3) is 0 Å². The normalized spacial score (nSPS) is 25.4. The van der Waals surface area contributed by atoms with E-state index in [0.29, 0.717) is 0 Å². The fourth-order valence-corrected chi connectivity index (χ4v) is 0.962. The van der Waals surface area contributed by atoms with Gasteiger partial charge in [-0.15, -0.1) is 0 Å². The van der Waals surface area contributed by atoms with Crippen LogP contribution in [0.15, 0.2) is 0 Å². The molecule has 0 unspecified atom stereocenters. The Kier molecular flexibility index (Phi) is 2.07. The topological polar surface area (TPSA) is 57.6 Å². The third kappa shape index (κ3) is 1.66. The summed E-state index contributed by atoms with van der Waals surface area (Å²) in [6, 6.07) is 0. The average Bonchev–Trinajstić information content (AvgIpc) is 1.94. The summed E-state index contributed by atoms with van der Waals surface area (Å²) in [4.78, 5) is 21.7. The Morgan fingerprint density at radius 1 is 1.73 bits per heavy atom. The molecule has 0 aromatic rings. The van der Waals surface area contributed by atoms with Crippen LogP contribution in [0.1, 0.15) is 6.42 Å². The standard InChI is InChI=1S/C6H8FNO3/c7-4-3-8(6(10)11)2-1-5(4)9/h4H,1-3H2,(H,10,11)/t4-/m0/s1. The summed E-state index contributed by atoms with van der Waals surface area (Å²) < 4.78 is 12.5. The monoisotopic (exact) mass is 161 g/mol. The molecule has 0 radical (unpaired) electrons. The SMILES string of the molecule is O=C1CCN(C(=O)O)C[C@@H]1F. The first-order chi connectivity index (χ1) is 5.11. The van der Waals surface area contributed by atoms with Gasteiger partial charge in [0.15, 0.2) is 12.0 Å². The summed E-state index contributed by atoms with van der Waals surface area (Å²) in [6.07, 6.45) is -2.80. The molecule has 1 fully saturated rings. The van der Waals surface area contributed by atoms with Crippen molar-refractivity contribution >= 4 is 11.9 Å². The molecular weight excluding hydrogens is 153 g/mol. The number of carbonyl (C=O) groups excluding carboxylic acids is 1. The Morgan fingerprint density at radius 2 is 2.36 bits per heavy atom. The van der Waals surface area contributed by atoms with Crippen LogP contribution in [0.3, 0.4) is 0 Å². The minimum absolute atomic E-state index is 0.00648. The number of ketones is 1. The Morgan fingerprint density at radius 3 is 2.82 bits per heavy atom. The number of Topliss-reactive ketones (excluding diaryl/α,β-unsaturated/α-hetero) is 1. The molecule has 62 valence electrons. The number of hydrogen-bond acceptors (Lipinski definition) is 2. The van der Waals surface area contributed by atoms with Gasteiger partial charge in [-0.05, 0) is 0 Å². The summed E-state index contributed by atoms with van der Waals surface area (Å²) in [5.41, 5.74) is 0.